The van der Waals surface area contributed by atoms with Crippen LogP contribution in [0.15, 0.2) is 24.3 Å². The van der Waals surface area contributed by atoms with Crippen LogP contribution in [-0.4, -0.2) is 43.5 Å². The minimum absolute atomic E-state index is 0.0386. The number of ether oxygens (including phenoxy) is 1. The van der Waals surface area contributed by atoms with Crippen molar-refractivity contribution in [3.05, 3.63) is 24.3 Å². The van der Waals surface area contributed by atoms with Crippen molar-refractivity contribution in [2.45, 2.75) is 6.92 Å². The summed E-state index contributed by atoms with van der Waals surface area (Å²) in [4.78, 5) is 24.5. The Hall–Kier alpha value is -2.24. The first-order valence-electron chi connectivity index (χ1n) is 6.03. The SMILES string of the molecule is CCN(CC(=O)NC)C(=O)COc1ccc(N)cc1. The third-order valence-electron chi connectivity index (χ3n) is 2.59. The molecule has 0 radical (unpaired) electrons. The summed E-state index contributed by atoms with van der Waals surface area (Å²) in [5.74, 6) is 0.129. The normalized spacial score (nSPS) is 9.79. The van der Waals surface area contributed by atoms with Crippen molar-refractivity contribution in [2.24, 2.45) is 0 Å². The number of anilines is 1. The number of hydrogen-bond acceptors (Lipinski definition) is 4. The second-order valence-electron chi connectivity index (χ2n) is 3.94. The lowest BCUT2D eigenvalue weighted by Crippen LogP contribution is -2.41. The van der Waals surface area contributed by atoms with Gasteiger partial charge in [-0.05, 0) is 31.2 Å². The molecule has 0 saturated carbocycles. The quantitative estimate of drug-likeness (QED) is 0.722. The second-order valence-corrected chi connectivity index (χ2v) is 3.94. The maximum absolute atomic E-state index is 11.9. The first-order valence-corrected chi connectivity index (χ1v) is 6.03. The zero-order chi connectivity index (χ0) is 14.3. The van der Waals surface area contributed by atoms with Gasteiger partial charge in [0.15, 0.2) is 6.61 Å². The summed E-state index contributed by atoms with van der Waals surface area (Å²) < 4.78 is 5.34. The summed E-state index contributed by atoms with van der Waals surface area (Å²) in [5.41, 5.74) is 6.18. The van der Waals surface area contributed by atoms with Crippen LogP contribution in [0.1, 0.15) is 6.92 Å². The average molecular weight is 265 g/mol. The number of carbonyl (C=O) groups is 2. The van der Waals surface area contributed by atoms with Gasteiger partial charge in [-0.3, -0.25) is 9.59 Å². The molecular formula is C13H19N3O3. The van der Waals surface area contributed by atoms with E-state index in [1.807, 2.05) is 6.92 Å². The van der Waals surface area contributed by atoms with Gasteiger partial charge >= 0.3 is 0 Å². The molecule has 104 valence electrons. The first-order chi connectivity index (χ1) is 9.06. The molecule has 1 rings (SSSR count). The minimum atomic E-state index is -0.233. The molecule has 0 aliphatic rings. The van der Waals surface area contributed by atoms with Gasteiger partial charge in [0, 0.05) is 19.3 Å². The fourth-order valence-electron chi connectivity index (χ4n) is 1.43. The van der Waals surface area contributed by atoms with Crippen molar-refractivity contribution in [1.82, 2.24) is 10.2 Å². The van der Waals surface area contributed by atoms with Crippen LogP contribution in [0.4, 0.5) is 5.69 Å². The number of amides is 2. The van der Waals surface area contributed by atoms with Crippen LogP contribution in [0.25, 0.3) is 0 Å². The van der Waals surface area contributed by atoms with Gasteiger partial charge in [-0.25, -0.2) is 0 Å². The molecule has 0 aliphatic heterocycles. The summed E-state index contributed by atoms with van der Waals surface area (Å²) in [7, 11) is 1.53. The van der Waals surface area contributed by atoms with Gasteiger partial charge in [0.1, 0.15) is 5.75 Å². The van der Waals surface area contributed by atoms with E-state index in [-0.39, 0.29) is 25.0 Å². The lowest BCUT2D eigenvalue weighted by atomic mass is 10.3. The van der Waals surface area contributed by atoms with E-state index in [1.54, 1.807) is 24.3 Å². The number of nitrogens with zero attached hydrogens (tertiary/aromatic N) is 1. The molecule has 6 nitrogen and oxygen atoms in total. The Kier molecular flexibility index (Phi) is 5.66. The predicted molar refractivity (Wildman–Crippen MR) is 72.7 cm³/mol. The Balaban J connectivity index is 2.48. The van der Waals surface area contributed by atoms with Gasteiger partial charge < -0.3 is 20.7 Å². The van der Waals surface area contributed by atoms with E-state index in [2.05, 4.69) is 5.32 Å². The van der Waals surface area contributed by atoms with Gasteiger partial charge in [-0.15, -0.1) is 0 Å². The minimum Gasteiger partial charge on any atom is -0.484 e. The molecule has 0 aromatic heterocycles. The van der Waals surface area contributed by atoms with Gasteiger partial charge in [0.2, 0.25) is 5.91 Å². The lowest BCUT2D eigenvalue weighted by Gasteiger charge is -2.19. The molecule has 3 N–H and O–H groups in total. The summed E-state index contributed by atoms with van der Waals surface area (Å²) in [5, 5.41) is 2.48. The molecular weight excluding hydrogens is 246 g/mol. The third-order valence-corrected chi connectivity index (χ3v) is 2.59. The van der Waals surface area contributed by atoms with E-state index < -0.39 is 0 Å². The molecule has 0 bridgehead atoms. The highest BCUT2D eigenvalue weighted by Crippen LogP contribution is 2.12. The van der Waals surface area contributed by atoms with Crippen LogP contribution in [0.5, 0.6) is 5.75 Å². The number of rotatable bonds is 6. The fraction of sp³-hybridized carbons (Fsp3) is 0.385. The van der Waals surface area contributed by atoms with Crippen LogP contribution in [0.2, 0.25) is 0 Å². The highest BCUT2D eigenvalue weighted by atomic mass is 16.5. The van der Waals surface area contributed by atoms with E-state index in [0.29, 0.717) is 18.0 Å². The number of carbonyl (C=O) groups excluding carboxylic acids is 2. The van der Waals surface area contributed by atoms with Crippen molar-refractivity contribution in [1.29, 1.82) is 0 Å². The zero-order valence-electron chi connectivity index (χ0n) is 11.2. The van der Waals surface area contributed by atoms with Crippen LogP contribution in [0.3, 0.4) is 0 Å². The van der Waals surface area contributed by atoms with E-state index in [1.165, 1.54) is 11.9 Å². The van der Waals surface area contributed by atoms with E-state index in [4.69, 9.17) is 10.5 Å². The molecule has 2 amide bonds. The standard InChI is InChI=1S/C13H19N3O3/c1-3-16(8-12(17)15-2)13(18)9-19-11-6-4-10(14)5-7-11/h4-7H,3,8-9,14H2,1-2H3,(H,15,17). The zero-order valence-corrected chi connectivity index (χ0v) is 11.2. The van der Waals surface area contributed by atoms with Gasteiger partial charge in [0.25, 0.3) is 5.91 Å². The summed E-state index contributed by atoms with van der Waals surface area (Å²) >= 11 is 0. The summed E-state index contributed by atoms with van der Waals surface area (Å²) in [6.07, 6.45) is 0. The lowest BCUT2D eigenvalue weighted by molar-refractivity contribution is -0.137. The Morgan fingerprint density at radius 1 is 1.32 bits per heavy atom. The maximum atomic E-state index is 11.9. The highest BCUT2D eigenvalue weighted by Gasteiger charge is 2.15. The third kappa shape index (κ3) is 4.87. The Morgan fingerprint density at radius 2 is 1.95 bits per heavy atom. The maximum Gasteiger partial charge on any atom is 0.260 e. The molecule has 0 saturated heterocycles. The van der Waals surface area contributed by atoms with Gasteiger partial charge in [-0.2, -0.15) is 0 Å². The number of likely N-dealkylation sites (N-methyl/N-ethyl adjacent to an activating group) is 2. The van der Waals surface area contributed by atoms with Crippen LogP contribution in [-0.2, 0) is 9.59 Å². The topological polar surface area (TPSA) is 84.7 Å². The predicted octanol–water partition coefficient (Wildman–Crippen LogP) is 0.242. The molecule has 19 heavy (non-hydrogen) atoms. The molecule has 1 aromatic rings. The molecule has 1 aromatic carbocycles. The molecule has 0 unspecified atom stereocenters. The summed E-state index contributed by atoms with van der Waals surface area (Å²) in [6, 6.07) is 6.78. The Morgan fingerprint density at radius 3 is 2.47 bits per heavy atom. The smallest absolute Gasteiger partial charge is 0.260 e. The van der Waals surface area contributed by atoms with Crippen molar-refractivity contribution in [3.8, 4) is 5.75 Å². The number of nitrogen functional groups attached to an aromatic ring is 1. The largest absolute Gasteiger partial charge is 0.484 e. The number of benzene rings is 1. The molecule has 0 heterocycles. The van der Waals surface area contributed by atoms with Crippen molar-refractivity contribution in [2.75, 3.05) is 32.5 Å². The Labute approximate surface area is 112 Å². The van der Waals surface area contributed by atoms with Crippen LogP contribution in [0, 0.1) is 0 Å². The molecule has 0 aliphatic carbocycles. The summed E-state index contributed by atoms with van der Waals surface area (Å²) in [6.45, 7) is 2.20. The molecule has 0 spiro atoms. The average Bonchev–Trinajstić information content (AvgIpc) is 2.43. The van der Waals surface area contributed by atoms with E-state index >= 15 is 0 Å². The second kappa shape index (κ2) is 7.25. The molecule has 0 fully saturated rings. The van der Waals surface area contributed by atoms with Gasteiger partial charge in [0.05, 0.1) is 6.54 Å². The fourth-order valence-corrected chi connectivity index (χ4v) is 1.43. The monoisotopic (exact) mass is 265 g/mol. The Bertz CT molecular complexity index is 431. The van der Waals surface area contributed by atoms with E-state index in [0.717, 1.165) is 0 Å². The number of nitrogens with one attached hydrogen (secondary N) is 1. The number of hydrogen-bond donors (Lipinski definition) is 2. The molecule has 6 heteroatoms. The van der Waals surface area contributed by atoms with Gasteiger partial charge in [-0.1, -0.05) is 0 Å². The molecule has 0 atom stereocenters. The van der Waals surface area contributed by atoms with Crippen molar-refractivity contribution in [3.63, 3.8) is 0 Å². The van der Waals surface area contributed by atoms with Crippen LogP contribution >= 0.6 is 0 Å². The highest BCUT2D eigenvalue weighted by molar-refractivity contribution is 5.85. The van der Waals surface area contributed by atoms with Crippen molar-refractivity contribution < 1.29 is 14.3 Å². The van der Waals surface area contributed by atoms with Crippen LogP contribution < -0.4 is 15.8 Å². The first kappa shape index (κ1) is 14.8. The number of nitrogens with two attached hydrogens (primary N) is 1. The van der Waals surface area contributed by atoms with E-state index in [9.17, 15) is 9.59 Å². The van der Waals surface area contributed by atoms with Crippen molar-refractivity contribution >= 4 is 17.5 Å².